The number of aromatic nitrogens is 2. The number of hydrogen-bond donors (Lipinski definition) is 3. The number of nitrogens with one attached hydrogen (secondary N) is 2. The normalized spacial score (nSPS) is 15.6. The summed E-state index contributed by atoms with van der Waals surface area (Å²) in [7, 11) is 0. The molecule has 0 unspecified atom stereocenters. The smallest absolute Gasteiger partial charge is 0.323 e. The summed E-state index contributed by atoms with van der Waals surface area (Å²) in [6.07, 6.45) is 1.35. The van der Waals surface area contributed by atoms with Crippen molar-refractivity contribution in [3.8, 4) is 5.69 Å². The first kappa shape index (κ1) is 20.8. The highest BCUT2D eigenvalue weighted by Crippen LogP contribution is 2.14. The number of amides is 2. The Morgan fingerprint density at radius 3 is 2.55 bits per heavy atom. The largest absolute Gasteiger partial charge is 0.337 e. The molecule has 0 bridgehead atoms. The maximum atomic E-state index is 12.9. The zero-order valence-electron chi connectivity index (χ0n) is 17.3. The molecule has 0 spiro atoms. The topological polar surface area (TPSA) is 118 Å². The lowest BCUT2D eigenvalue weighted by Gasteiger charge is -2.30. The Morgan fingerprint density at radius 2 is 1.93 bits per heavy atom. The first-order chi connectivity index (χ1) is 13.8. The fraction of sp³-hybridized carbons (Fsp3) is 0.450. The van der Waals surface area contributed by atoms with Gasteiger partial charge in [0, 0.05) is 18.8 Å². The van der Waals surface area contributed by atoms with Crippen LogP contribution in [0.2, 0.25) is 0 Å². The number of nitrogens with zero attached hydrogens (tertiary/aromatic N) is 3. The molecule has 0 atom stereocenters. The predicted octanol–water partition coefficient (Wildman–Crippen LogP) is 1.88. The molecule has 2 heterocycles. The van der Waals surface area contributed by atoms with Crippen LogP contribution in [-0.4, -0.2) is 45.6 Å². The van der Waals surface area contributed by atoms with Gasteiger partial charge in [-0.1, -0.05) is 6.07 Å². The van der Waals surface area contributed by atoms with Crippen LogP contribution in [0, 0.1) is 20.8 Å². The molecule has 2 aromatic rings. The number of hydrogen-bond acceptors (Lipinski definition) is 5. The van der Waals surface area contributed by atoms with E-state index in [0.717, 1.165) is 16.8 Å². The van der Waals surface area contributed by atoms with Gasteiger partial charge in [0.05, 0.1) is 23.1 Å². The maximum absolute atomic E-state index is 12.9. The maximum Gasteiger partial charge on any atom is 0.337 e. The highest BCUT2D eigenvalue weighted by molar-refractivity contribution is 5.99. The van der Waals surface area contributed by atoms with Crippen LogP contribution >= 0.6 is 0 Å². The summed E-state index contributed by atoms with van der Waals surface area (Å²) in [6.45, 7) is 8.64. The number of hydrazone groups is 1. The first-order valence-electron chi connectivity index (χ1n) is 9.66. The van der Waals surface area contributed by atoms with Gasteiger partial charge in [-0.25, -0.2) is 20.8 Å². The van der Waals surface area contributed by atoms with Gasteiger partial charge in [0.2, 0.25) is 0 Å². The molecule has 156 valence electrons. The highest BCUT2D eigenvalue weighted by atomic mass is 16.6. The standard InChI is InChI=1S/C20H28N6O3/c1-12-5-6-16(11-13(12)2)26-19(27)18(15(4)24-26)14(3)22-23-20(28)25-9-7-17(29-21)8-10-25/h5-6,11,17,24H,7-10,21H2,1-4H3,(H,23,28)/b22-14+. The monoisotopic (exact) mass is 400 g/mol. The average Bonchev–Trinajstić information content (AvgIpc) is 3.02. The number of urea groups is 1. The zero-order valence-corrected chi connectivity index (χ0v) is 17.3. The van der Waals surface area contributed by atoms with Gasteiger partial charge in [0.1, 0.15) is 0 Å². The third-order valence-corrected chi connectivity index (χ3v) is 5.42. The van der Waals surface area contributed by atoms with E-state index < -0.39 is 0 Å². The summed E-state index contributed by atoms with van der Waals surface area (Å²) in [4.78, 5) is 31.8. The molecule has 2 amide bonds. The number of H-pyrrole nitrogens is 1. The number of carbonyl (C=O) groups excluding carboxylic acids is 1. The van der Waals surface area contributed by atoms with Crippen LogP contribution in [0.1, 0.15) is 42.1 Å². The third-order valence-electron chi connectivity index (χ3n) is 5.42. The molecule has 1 aliphatic rings. The molecule has 0 aliphatic carbocycles. The Morgan fingerprint density at radius 1 is 1.24 bits per heavy atom. The van der Waals surface area contributed by atoms with E-state index in [1.54, 1.807) is 11.8 Å². The van der Waals surface area contributed by atoms with Crippen molar-refractivity contribution in [1.29, 1.82) is 0 Å². The molecular weight excluding hydrogens is 372 g/mol. The quantitative estimate of drug-likeness (QED) is 0.536. The molecule has 3 rings (SSSR count). The van der Waals surface area contributed by atoms with Gasteiger partial charge in [-0.15, -0.1) is 0 Å². The van der Waals surface area contributed by atoms with E-state index in [-0.39, 0.29) is 17.7 Å². The molecule has 1 fully saturated rings. The first-order valence-corrected chi connectivity index (χ1v) is 9.66. The Bertz CT molecular complexity index is 983. The molecule has 0 radical (unpaired) electrons. The summed E-state index contributed by atoms with van der Waals surface area (Å²) < 4.78 is 1.50. The molecular formula is C20H28N6O3. The Hall–Kier alpha value is -2.91. The highest BCUT2D eigenvalue weighted by Gasteiger charge is 2.23. The second-order valence-electron chi connectivity index (χ2n) is 7.46. The molecule has 0 saturated carbocycles. The lowest BCUT2D eigenvalue weighted by molar-refractivity contribution is 0.0140. The molecule has 4 N–H and O–H groups in total. The number of piperidine rings is 1. The molecule has 1 aliphatic heterocycles. The number of carbonyl (C=O) groups is 1. The van der Waals surface area contributed by atoms with Crippen molar-refractivity contribution in [2.24, 2.45) is 11.0 Å². The lowest BCUT2D eigenvalue weighted by Crippen LogP contribution is -2.45. The minimum atomic E-state index is -0.303. The summed E-state index contributed by atoms with van der Waals surface area (Å²) >= 11 is 0. The lowest BCUT2D eigenvalue weighted by atomic mass is 10.1. The summed E-state index contributed by atoms with van der Waals surface area (Å²) in [5.41, 5.74) is 6.93. The summed E-state index contributed by atoms with van der Waals surface area (Å²) in [5, 5.41) is 7.25. The number of likely N-dealkylation sites (tertiary alicyclic amines) is 1. The molecule has 1 aromatic heterocycles. The van der Waals surface area contributed by atoms with Crippen LogP contribution in [0.4, 0.5) is 4.79 Å². The number of benzene rings is 1. The average molecular weight is 400 g/mol. The minimum absolute atomic E-state index is 0.0179. The van der Waals surface area contributed by atoms with Crippen molar-refractivity contribution in [2.45, 2.75) is 46.6 Å². The number of aromatic amines is 1. The van der Waals surface area contributed by atoms with Gasteiger partial charge in [0.25, 0.3) is 5.56 Å². The van der Waals surface area contributed by atoms with Crippen LogP contribution in [0.3, 0.4) is 0 Å². The van der Waals surface area contributed by atoms with Crippen molar-refractivity contribution in [3.63, 3.8) is 0 Å². The molecule has 1 aromatic carbocycles. The van der Waals surface area contributed by atoms with Gasteiger partial charge >= 0.3 is 6.03 Å². The Kier molecular flexibility index (Phi) is 6.19. The fourth-order valence-electron chi connectivity index (χ4n) is 3.47. The molecule has 9 nitrogen and oxygen atoms in total. The van der Waals surface area contributed by atoms with Crippen LogP contribution < -0.4 is 16.9 Å². The zero-order chi connectivity index (χ0) is 21.1. The summed E-state index contributed by atoms with van der Waals surface area (Å²) in [5.74, 6) is 5.20. The molecule has 29 heavy (non-hydrogen) atoms. The second-order valence-corrected chi connectivity index (χ2v) is 7.46. The molecule has 1 saturated heterocycles. The number of aryl methyl sites for hydroxylation is 3. The number of rotatable bonds is 4. The van der Waals surface area contributed by atoms with Crippen LogP contribution in [-0.2, 0) is 4.84 Å². The molecule has 9 heteroatoms. The summed E-state index contributed by atoms with van der Waals surface area (Å²) in [6, 6.07) is 5.53. The van der Waals surface area contributed by atoms with Crippen molar-refractivity contribution in [3.05, 3.63) is 50.9 Å². The van der Waals surface area contributed by atoms with Gasteiger partial charge in [0.15, 0.2) is 0 Å². The Balaban J connectivity index is 1.76. The van der Waals surface area contributed by atoms with E-state index >= 15 is 0 Å². The van der Waals surface area contributed by atoms with Crippen molar-refractivity contribution >= 4 is 11.7 Å². The Labute approximate surface area is 169 Å². The third kappa shape index (κ3) is 4.41. The second kappa shape index (κ2) is 8.62. The van der Waals surface area contributed by atoms with Gasteiger partial charge < -0.3 is 9.74 Å². The van der Waals surface area contributed by atoms with Crippen LogP contribution in [0.5, 0.6) is 0 Å². The minimum Gasteiger partial charge on any atom is -0.323 e. The van der Waals surface area contributed by atoms with E-state index in [9.17, 15) is 9.59 Å². The van der Waals surface area contributed by atoms with Crippen molar-refractivity contribution in [1.82, 2.24) is 20.1 Å². The van der Waals surface area contributed by atoms with E-state index in [0.29, 0.717) is 42.9 Å². The van der Waals surface area contributed by atoms with Crippen molar-refractivity contribution < 1.29 is 9.63 Å². The number of nitrogens with two attached hydrogens (primary N) is 1. The van der Waals surface area contributed by atoms with Gasteiger partial charge in [-0.2, -0.15) is 5.10 Å². The van der Waals surface area contributed by atoms with E-state index in [1.807, 2.05) is 39.0 Å². The SMILES string of the molecule is C/C(=N\NC(=O)N1CCC(ON)CC1)c1c(C)[nH]n(-c2ccc(C)c(C)c2)c1=O. The van der Waals surface area contributed by atoms with Gasteiger partial charge in [-0.05, 0) is 63.8 Å². The van der Waals surface area contributed by atoms with Crippen molar-refractivity contribution in [2.75, 3.05) is 13.1 Å². The van der Waals surface area contributed by atoms with E-state index in [1.165, 1.54) is 4.68 Å². The van der Waals surface area contributed by atoms with Gasteiger partial charge in [-0.3, -0.25) is 9.89 Å². The van der Waals surface area contributed by atoms with Crippen LogP contribution in [0.15, 0.2) is 28.1 Å². The van der Waals surface area contributed by atoms with Crippen LogP contribution in [0.25, 0.3) is 5.69 Å². The fourth-order valence-corrected chi connectivity index (χ4v) is 3.47. The predicted molar refractivity (Wildman–Crippen MR) is 111 cm³/mol. The van der Waals surface area contributed by atoms with E-state index in [4.69, 9.17) is 10.7 Å². The van der Waals surface area contributed by atoms with E-state index in [2.05, 4.69) is 15.6 Å².